The van der Waals surface area contributed by atoms with Gasteiger partial charge in [-0.25, -0.2) is 4.98 Å². The highest BCUT2D eigenvalue weighted by Gasteiger charge is 2.54. The number of nitrogens with zero attached hydrogens (tertiary/aromatic N) is 2. The average molecular weight is 290 g/mol. The van der Waals surface area contributed by atoms with Gasteiger partial charge in [0.1, 0.15) is 5.60 Å². The van der Waals surface area contributed by atoms with Gasteiger partial charge in [0, 0.05) is 30.7 Å². The molecule has 2 fully saturated rings. The van der Waals surface area contributed by atoms with Gasteiger partial charge in [-0.2, -0.15) is 0 Å². The molecule has 0 unspecified atom stereocenters. The molecule has 0 bridgehead atoms. The molecule has 1 aromatic heterocycles. The van der Waals surface area contributed by atoms with Crippen molar-refractivity contribution in [1.29, 1.82) is 0 Å². The zero-order chi connectivity index (χ0) is 14.9. The number of ether oxygens (including phenoxy) is 2. The first kappa shape index (κ1) is 14.3. The molecule has 5 nitrogen and oxygen atoms in total. The third-order valence-electron chi connectivity index (χ3n) is 4.39. The fourth-order valence-corrected chi connectivity index (χ4v) is 3.11. The lowest BCUT2D eigenvalue weighted by molar-refractivity contribution is -0.169. The van der Waals surface area contributed by atoms with Crippen LogP contribution < -0.4 is 4.74 Å². The first-order valence-electron chi connectivity index (χ1n) is 7.57. The predicted molar refractivity (Wildman–Crippen MR) is 77.9 cm³/mol. The second-order valence-corrected chi connectivity index (χ2v) is 6.23. The first-order valence-corrected chi connectivity index (χ1v) is 7.57. The Hall–Kier alpha value is -1.62. The van der Waals surface area contributed by atoms with Gasteiger partial charge in [0.05, 0.1) is 19.7 Å². The normalized spacial score (nSPS) is 23.4. The Balaban J connectivity index is 1.56. The average Bonchev–Trinajstić information content (AvgIpc) is 2.87. The molecule has 3 heterocycles. The van der Waals surface area contributed by atoms with E-state index in [9.17, 15) is 4.79 Å². The Morgan fingerprint density at radius 2 is 2.33 bits per heavy atom. The van der Waals surface area contributed by atoms with Crippen LogP contribution in [-0.2, 0) is 9.53 Å². The van der Waals surface area contributed by atoms with Gasteiger partial charge in [0.25, 0.3) is 0 Å². The molecule has 0 N–H and O–H groups in total. The number of carbonyl (C=O) groups excluding carboxylic acids is 1. The van der Waals surface area contributed by atoms with E-state index in [1.165, 1.54) is 0 Å². The zero-order valence-corrected chi connectivity index (χ0v) is 12.6. The predicted octanol–water partition coefficient (Wildman–Crippen LogP) is 1.73. The van der Waals surface area contributed by atoms with Crippen LogP contribution in [0.5, 0.6) is 5.88 Å². The summed E-state index contributed by atoms with van der Waals surface area (Å²) in [5.41, 5.74) is -0.195. The number of likely N-dealkylation sites (tertiary alicyclic amines) is 1. The van der Waals surface area contributed by atoms with Crippen LogP contribution in [0.1, 0.15) is 20.3 Å². The number of hydrogen-bond donors (Lipinski definition) is 0. The van der Waals surface area contributed by atoms with Gasteiger partial charge in [-0.15, -0.1) is 0 Å². The van der Waals surface area contributed by atoms with Crippen molar-refractivity contribution in [3.05, 3.63) is 24.4 Å². The van der Waals surface area contributed by atoms with Gasteiger partial charge in [-0.3, -0.25) is 4.79 Å². The minimum Gasteiger partial charge on any atom is -0.477 e. The number of carbonyl (C=O) groups is 1. The van der Waals surface area contributed by atoms with E-state index in [4.69, 9.17) is 9.47 Å². The fourth-order valence-electron chi connectivity index (χ4n) is 3.11. The maximum absolute atomic E-state index is 12.0. The summed E-state index contributed by atoms with van der Waals surface area (Å²) in [6.07, 6.45) is 2.71. The Morgan fingerprint density at radius 1 is 1.52 bits per heavy atom. The largest absolute Gasteiger partial charge is 0.477 e. The smallest absolute Gasteiger partial charge is 0.225 e. The molecule has 1 aromatic rings. The summed E-state index contributed by atoms with van der Waals surface area (Å²) in [7, 11) is 0. The molecule has 0 aromatic carbocycles. The van der Waals surface area contributed by atoms with Gasteiger partial charge in [-0.1, -0.05) is 19.9 Å². The highest BCUT2D eigenvalue weighted by Crippen LogP contribution is 2.40. The Kier molecular flexibility index (Phi) is 3.85. The molecular weight excluding hydrogens is 268 g/mol. The SMILES string of the molecule is CC(C)C(=O)N1CC2(C1)OCC[C@H]2COc1ccccn1. The summed E-state index contributed by atoms with van der Waals surface area (Å²) in [6, 6.07) is 5.64. The number of hydrogen-bond acceptors (Lipinski definition) is 4. The van der Waals surface area contributed by atoms with Crippen molar-refractivity contribution < 1.29 is 14.3 Å². The van der Waals surface area contributed by atoms with Crippen LogP contribution in [0.2, 0.25) is 0 Å². The van der Waals surface area contributed by atoms with E-state index in [2.05, 4.69) is 4.98 Å². The summed E-state index contributed by atoms with van der Waals surface area (Å²) < 4.78 is 11.7. The van der Waals surface area contributed by atoms with Crippen LogP contribution in [0, 0.1) is 11.8 Å². The van der Waals surface area contributed by atoms with Crippen molar-refractivity contribution in [3.63, 3.8) is 0 Å². The van der Waals surface area contributed by atoms with Gasteiger partial charge < -0.3 is 14.4 Å². The van der Waals surface area contributed by atoms with E-state index >= 15 is 0 Å². The molecule has 1 amide bonds. The maximum atomic E-state index is 12.0. The third-order valence-corrected chi connectivity index (χ3v) is 4.39. The van der Waals surface area contributed by atoms with Crippen LogP contribution in [0.4, 0.5) is 0 Å². The lowest BCUT2D eigenvalue weighted by Crippen LogP contribution is -2.67. The fraction of sp³-hybridized carbons (Fsp3) is 0.625. The summed E-state index contributed by atoms with van der Waals surface area (Å²) in [4.78, 5) is 18.0. The van der Waals surface area contributed by atoms with Crippen LogP contribution in [0.15, 0.2) is 24.4 Å². The van der Waals surface area contributed by atoms with Crippen molar-refractivity contribution in [1.82, 2.24) is 9.88 Å². The van der Waals surface area contributed by atoms with Crippen molar-refractivity contribution in [2.45, 2.75) is 25.9 Å². The minimum atomic E-state index is -0.195. The van der Waals surface area contributed by atoms with Crippen LogP contribution in [-0.4, -0.2) is 47.7 Å². The molecule has 0 aliphatic carbocycles. The molecule has 1 spiro atoms. The van der Waals surface area contributed by atoms with Crippen molar-refractivity contribution in [3.8, 4) is 5.88 Å². The molecule has 114 valence electrons. The number of aromatic nitrogens is 1. The van der Waals surface area contributed by atoms with Gasteiger partial charge in [0.15, 0.2) is 0 Å². The highest BCUT2D eigenvalue weighted by atomic mass is 16.5. The number of amides is 1. The second kappa shape index (κ2) is 5.64. The van der Waals surface area contributed by atoms with Gasteiger partial charge in [-0.05, 0) is 12.5 Å². The highest BCUT2D eigenvalue weighted by molar-refractivity contribution is 5.79. The van der Waals surface area contributed by atoms with E-state index in [1.54, 1.807) is 6.20 Å². The summed E-state index contributed by atoms with van der Waals surface area (Å²) in [5.74, 6) is 1.23. The molecule has 21 heavy (non-hydrogen) atoms. The number of rotatable bonds is 4. The Bertz CT molecular complexity index is 498. The van der Waals surface area contributed by atoms with E-state index in [-0.39, 0.29) is 17.4 Å². The Labute approximate surface area is 125 Å². The zero-order valence-electron chi connectivity index (χ0n) is 12.6. The first-order chi connectivity index (χ1) is 10.1. The van der Waals surface area contributed by atoms with Crippen molar-refractivity contribution in [2.75, 3.05) is 26.3 Å². The standard InChI is InChI=1S/C16H22N2O3/c1-12(2)15(19)18-10-16(11-18)13(6-8-21-16)9-20-14-5-3-4-7-17-14/h3-5,7,12-13H,6,8-11H2,1-2H3/t13-/m0/s1. The van der Waals surface area contributed by atoms with Crippen LogP contribution in [0.3, 0.4) is 0 Å². The van der Waals surface area contributed by atoms with Crippen molar-refractivity contribution >= 4 is 5.91 Å². The molecule has 3 rings (SSSR count). The maximum Gasteiger partial charge on any atom is 0.225 e. The summed E-state index contributed by atoms with van der Waals surface area (Å²) in [5, 5.41) is 0. The summed E-state index contributed by atoms with van der Waals surface area (Å²) >= 11 is 0. The quantitative estimate of drug-likeness (QED) is 0.847. The molecule has 0 radical (unpaired) electrons. The molecule has 0 saturated carbocycles. The molecular formula is C16H22N2O3. The molecule has 2 aliphatic heterocycles. The van der Waals surface area contributed by atoms with Crippen LogP contribution >= 0.6 is 0 Å². The molecule has 2 aliphatic rings. The topological polar surface area (TPSA) is 51.7 Å². The lowest BCUT2D eigenvalue weighted by atomic mass is 9.80. The van der Waals surface area contributed by atoms with E-state index in [0.29, 0.717) is 31.5 Å². The number of pyridine rings is 1. The third kappa shape index (κ3) is 2.75. The molecule has 1 atom stereocenters. The monoisotopic (exact) mass is 290 g/mol. The van der Waals surface area contributed by atoms with E-state index < -0.39 is 0 Å². The van der Waals surface area contributed by atoms with E-state index in [0.717, 1.165) is 13.0 Å². The lowest BCUT2D eigenvalue weighted by Gasteiger charge is -2.50. The van der Waals surface area contributed by atoms with E-state index in [1.807, 2.05) is 36.9 Å². The Morgan fingerprint density at radius 3 is 3.00 bits per heavy atom. The molecule has 2 saturated heterocycles. The van der Waals surface area contributed by atoms with Gasteiger partial charge >= 0.3 is 0 Å². The minimum absolute atomic E-state index is 0.0481. The van der Waals surface area contributed by atoms with Gasteiger partial charge in [0.2, 0.25) is 11.8 Å². The second-order valence-electron chi connectivity index (χ2n) is 6.23. The van der Waals surface area contributed by atoms with Crippen molar-refractivity contribution in [2.24, 2.45) is 11.8 Å². The van der Waals surface area contributed by atoms with Crippen LogP contribution in [0.25, 0.3) is 0 Å². The summed E-state index contributed by atoms with van der Waals surface area (Å²) in [6.45, 7) is 6.61. The molecule has 5 heteroatoms.